The van der Waals surface area contributed by atoms with Crippen LogP contribution < -0.4 is 0 Å². The number of benzene rings is 1. The SMILES string of the molecule is CO[C@H](C)c1cccc(-c2cnc3cc(C(=O)O)nn3c2)c1. The van der Waals surface area contributed by atoms with E-state index in [1.54, 1.807) is 19.5 Å². The fourth-order valence-electron chi connectivity index (χ4n) is 2.24. The predicted octanol–water partition coefficient (Wildman–Crippen LogP) is 2.80. The summed E-state index contributed by atoms with van der Waals surface area (Å²) in [6.07, 6.45) is 3.48. The molecule has 3 aromatic rings. The molecule has 0 saturated heterocycles. The van der Waals surface area contributed by atoms with Gasteiger partial charge in [0.2, 0.25) is 0 Å². The minimum atomic E-state index is -1.07. The minimum Gasteiger partial charge on any atom is -0.476 e. The van der Waals surface area contributed by atoms with Crippen molar-refractivity contribution in [3.05, 3.63) is 54.0 Å². The van der Waals surface area contributed by atoms with Crippen LogP contribution in [0.4, 0.5) is 0 Å². The molecule has 0 spiro atoms. The zero-order valence-electron chi connectivity index (χ0n) is 12.2. The van der Waals surface area contributed by atoms with Gasteiger partial charge in [0.05, 0.1) is 6.10 Å². The molecule has 0 unspecified atom stereocenters. The van der Waals surface area contributed by atoms with Gasteiger partial charge in [-0.05, 0) is 24.1 Å². The van der Waals surface area contributed by atoms with Crippen LogP contribution in [0.3, 0.4) is 0 Å². The third-order valence-corrected chi connectivity index (χ3v) is 3.58. The first kappa shape index (κ1) is 14.2. The molecule has 6 nitrogen and oxygen atoms in total. The van der Waals surface area contributed by atoms with Gasteiger partial charge in [-0.2, -0.15) is 5.10 Å². The van der Waals surface area contributed by atoms with Gasteiger partial charge in [0.15, 0.2) is 11.3 Å². The molecule has 0 radical (unpaired) electrons. The van der Waals surface area contributed by atoms with Crippen molar-refractivity contribution in [1.29, 1.82) is 0 Å². The number of fused-ring (bicyclic) bond motifs is 1. The molecule has 0 aliphatic carbocycles. The van der Waals surface area contributed by atoms with E-state index in [9.17, 15) is 4.79 Å². The molecule has 0 fully saturated rings. The molecule has 0 amide bonds. The van der Waals surface area contributed by atoms with E-state index in [2.05, 4.69) is 10.1 Å². The number of rotatable bonds is 4. The summed E-state index contributed by atoms with van der Waals surface area (Å²) in [6, 6.07) is 9.39. The fourth-order valence-corrected chi connectivity index (χ4v) is 2.24. The maximum Gasteiger partial charge on any atom is 0.356 e. The topological polar surface area (TPSA) is 76.7 Å². The largest absolute Gasteiger partial charge is 0.476 e. The van der Waals surface area contributed by atoms with Crippen molar-refractivity contribution in [3.8, 4) is 11.1 Å². The summed E-state index contributed by atoms with van der Waals surface area (Å²) in [5, 5.41) is 13.0. The average Bonchev–Trinajstić information content (AvgIpc) is 2.97. The third kappa shape index (κ3) is 2.56. The number of carboxylic acids is 1. The summed E-state index contributed by atoms with van der Waals surface area (Å²) in [4.78, 5) is 15.2. The molecule has 1 atom stereocenters. The molecule has 0 bridgehead atoms. The van der Waals surface area contributed by atoms with Crippen LogP contribution in [0, 0.1) is 0 Å². The zero-order valence-corrected chi connectivity index (χ0v) is 12.2. The molecule has 0 aliphatic heterocycles. The predicted molar refractivity (Wildman–Crippen MR) is 80.8 cm³/mol. The van der Waals surface area contributed by atoms with Gasteiger partial charge in [0.1, 0.15) is 0 Å². The Labute approximate surface area is 127 Å². The lowest BCUT2D eigenvalue weighted by Gasteiger charge is -2.11. The highest BCUT2D eigenvalue weighted by Gasteiger charge is 2.11. The van der Waals surface area contributed by atoms with E-state index >= 15 is 0 Å². The molecule has 2 heterocycles. The number of ether oxygens (including phenoxy) is 1. The number of methoxy groups -OCH3 is 1. The molecule has 1 N–H and O–H groups in total. The Balaban J connectivity index is 2.04. The Kier molecular flexibility index (Phi) is 3.60. The molecule has 6 heteroatoms. The highest BCUT2D eigenvalue weighted by atomic mass is 16.5. The van der Waals surface area contributed by atoms with Gasteiger partial charge in [0, 0.05) is 31.1 Å². The van der Waals surface area contributed by atoms with Crippen LogP contribution in [0.2, 0.25) is 0 Å². The van der Waals surface area contributed by atoms with Gasteiger partial charge in [-0.3, -0.25) is 0 Å². The van der Waals surface area contributed by atoms with Crippen molar-refractivity contribution in [2.75, 3.05) is 7.11 Å². The van der Waals surface area contributed by atoms with Crippen molar-refractivity contribution < 1.29 is 14.6 Å². The molecule has 0 saturated carbocycles. The number of aromatic nitrogens is 3. The molecule has 112 valence electrons. The van der Waals surface area contributed by atoms with Crippen LogP contribution in [0.1, 0.15) is 29.1 Å². The Morgan fingerprint density at radius 3 is 2.86 bits per heavy atom. The average molecular weight is 297 g/mol. The van der Waals surface area contributed by atoms with Crippen LogP contribution in [-0.4, -0.2) is 32.8 Å². The van der Waals surface area contributed by atoms with Gasteiger partial charge in [0.25, 0.3) is 0 Å². The molecule has 3 rings (SSSR count). The van der Waals surface area contributed by atoms with E-state index < -0.39 is 5.97 Å². The fraction of sp³-hybridized carbons (Fsp3) is 0.188. The summed E-state index contributed by atoms with van der Waals surface area (Å²) in [5.74, 6) is -1.07. The molecular weight excluding hydrogens is 282 g/mol. The Bertz CT molecular complexity index is 842. The zero-order chi connectivity index (χ0) is 15.7. The Morgan fingerprint density at radius 1 is 1.32 bits per heavy atom. The molecular formula is C16H15N3O3. The van der Waals surface area contributed by atoms with E-state index in [0.717, 1.165) is 16.7 Å². The summed E-state index contributed by atoms with van der Waals surface area (Å²) in [6.45, 7) is 1.98. The maximum atomic E-state index is 11.0. The van der Waals surface area contributed by atoms with E-state index in [1.165, 1.54) is 10.6 Å². The van der Waals surface area contributed by atoms with Gasteiger partial charge in [-0.1, -0.05) is 18.2 Å². The maximum absolute atomic E-state index is 11.0. The number of hydrogen-bond acceptors (Lipinski definition) is 4. The van der Waals surface area contributed by atoms with E-state index in [0.29, 0.717) is 5.65 Å². The molecule has 1 aromatic carbocycles. The van der Waals surface area contributed by atoms with E-state index in [1.807, 2.05) is 31.2 Å². The van der Waals surface area contributed by atoms with Crippen molar-refractivity contribution >= 4 is 11.6 Å². The Hall–Kier alpha value is -2.73. The number of hydrogen-bond donors (Lipinski definition) is 1. The quantitative estimate of drug-likeness (QED) is 0.801. The second kappa shape index (κ2) is 5.57. The summed E-state index contributed by atoms with van der Waals surface area (Å²) < 4.78 is 6.81. The number of carbonyl (C=O) groups is 1. The monoisotopic (exact) mass is 297 g/mol. The standard InChI is InChI=1S/C16H15N3O3/c1-10(22-2)11-4-3-5-12(6-11)13-8-17-15-7-14(16(20)21)18-19(15)9-13/h3-10H,1-2H3,(H,20,21)/t10-/m1/s1. The Morgan fingerprint density at radius 2 is 2.14 bits per heavy atom. The van der Waals surface area contributed by atoms with Crippen LogP contribution in [-0.2, 0) is 4.74 Å². The van der Waals surface area contributed by atoms with Crippen molar-refractivity contribution in [3.63, 3.8) is 0 Å². The van der Waals surface area contributed by atoms with Gasteiger partial charge >= 0.3 is 5.97 Å². The van der Waals surface area contributed by atoms with Crippen LogP contribution in [0.15, 0.2) is 42.7 Å². The summed E-state index contributed by atoms with van der Waals surface area (Å²) in [5.41, 5.74) is 3.38. The van der Waals surface area contributed by atoms with Gasteiger partial charge in [-0.15, -0.1) is 0 Å². The van der Waals surface area contributed by atoms with Crippen LogP contribution >= 0.6 is 0 Å². The molecule has 2 aromatic heterocycles. The lowest BCUT2D eigenvalue weighted by atomic mass is 10.0. The van der Waals surface area contributed by atoms with Gasteiger partial charge in [-0.25, -0.2) is 14.3 Å². The first-order valence-electron chi connectivity index (χ1n) is 6.80. The van der Waals surface area contributed by atoms with Crippen molar-refractivity contribution in [2.24, 2.45) is 0 Å². The number of aromatic carboxylic acids is 1. The second-order valence-corrected chi connectivity index (χ2v) is 4.98. The summed E-state index contributed by atoms with van der Waals surface area (Å²) in [7, 11) is 1.67. The van der Waals surface area contributed by atoms with Crippen LogP contribution in [0.25, 0.3) is 16.8 Å². The smallest absolute Gasteiger partial charge is 0.356 e. The normalized spacial score (nSPS) is 12.5. The van der Waals surface area contributed by atoms with Crippen LogP contribution in [0.5, 0.6) is 0 Å². The van der Waals surface area contributed by atoms with E-state index in [4.69, 9.17) is 9.84 Å². The first-order chi connectivity index (χ1) is 10.6. The number of carboxylic acid groups (broad SMARTS) is 1. The second-order valence-electron chi connectivity index (χ2n) is 4.98. The van der Waals surface area contributed by atoms with Crippen molar-refractivity contribution in [2.45, 2.75) is 13.0 Å². The summed E-state index contributed by atoms with van der Waals surface area (Å²) >= 11 is 0. The minimum absolute atomic E-state index is 0.0000401. The molecule has 22 heavy (non-hydrogen) atoms. The highest BCUT2D eigenvalue weighted by molar-refractivity contribution is 5.86. The highest BCUT2D eigenvalue weighted by Crippen LogP contribution is 2.24. The first-order valence-corrected chi connectivity index (χ1v) is 6.80. The van der Waals surface area contributed by atoms with Gasteiger partial charge < -0.3 is 9.84 Å². The third-order valence-electron chi connectivity index (χ3n) is 3.58. The van der Waals surface area contributed by atoms with E-state index in [-0.39, 0.29) is 11.8 Å². The van der Waals surface area contributed by atoms with Crippen molar-refractivity contribution in [1.82, 2.24) is 14.6 Å². The number of nitrogens with zero attached hydrogens (tertiary/aromatic N) is 3. The lowest BCUT2D eigenvalue weighted by Crippen LogP contribution is -1.98. The lowest BCUT2D eigenvalue weighted by molar-refractivity contribution is 0.0690. The molecule has 0 aliphatic rings.